The second kappa shape index (κ2) is 7.89. The molecule has 3 rings (SSSR count). The Balaban J connectivity index is 1.82. The van der Waals surface area contributed by atoms with Crippen LogP contribution in [0.5, 0.6) is 0 Å². The molecule has 1 aliphatic rings. The van der Waals surface area contributed by atoms with E-state index in [1.165, 1.54) is 10.4 Å². The van der Waals surface area contributed by atoms with Crippen LogP contribution in [0, 0.1) is 5.82 Å². The van der Waals surface area contributed by atoms with E-state index in [0.29, 0.717) is 5.39 Å². The molecule has 1 aliphatic heterocycles. The molecule has 0 aromatic heterocycles. The van der Waals surface area contributed by atoms with Crippen LogP contribution < -0.4 is 0 Å². The molecule has 1 saturated heterocycles. The molecule has 7 nitrogen and oxygen atoms in total. The van der Waals surface area contributed by atoms with Crippen LogP contribution >= 0.6 is 0 Å². The summed E-state index contributed by atoms with van der Waals surface area (Å²) in [4.78, 5) is 12.0. The van der Waals surface area contributed by atoms with Gasteiger partial charge in [-0.1, -0.05) is 30.3 Å². The van der Waals surface area contributed by atoms with Crippen LogP contribution in [-0.2, 0) is 19.6 Å². The van der Waals surface area contributed by atoms with Crippen LogP contribution in [0.3, 0.4) is 0 Å². The minimum atomic E-state index is -4.03. The Morgan fingerprint density at radius 2 is 2.07 bits per heavy atom. The van der Waals surface area contributed by atoms with Gasteiger partial charge in [0.2, 0.25) is 10.0 Å². The van der Waals surface area contributed by atoms with Crippen LogP contribution in [0.15, 0.2) is 41.3 Å². The lowest BCUT2D eigenvalue weighted by Gasteiger charge is -2.34. The van der Waals surface area contributed by atoms with Gasteiger partial charge in [0.25, 0.3) is 0 Å². The van der Waals surface area contributed by atoms with Crippen molar-refractivity contribution in [2.75, 3.05) is 39.8 Å². The number of rotatable bonds is 6. The maximum absolute atomic E-state index is 14.9. The minimum absolute atomic E-state index is 0.0402. The highest BCUT2D eigenvalue weighted by Gasteiger charge is 2.33. The van der Waals surface area contributed by atoms with Gasteiger partial charge in [0.05, 0.1) is 19.3 Å². The zero-order valence-corrected chi connectivity index (χ0v) is 15.7. The predicted molar refractivity (Wildman–Crippen MR) is 97.5 cm³/mol. The van der Waals surface area contributed by atoms with Crippen molar-refractivity contribution in [1.29, 1.82) is 0 Å². The minimum Gasteiger partial charge on any atom is -0.480 e. The largest absolute Gasteiger partial charge is 0.480 e. The molecular formula is C18H21FN2O5S. The fourth-order valence-corrected chi connectivity index (χ4v) is 4.75. The van der Waals surface area contributed by atoms with E-state index in [4.69, 9.17) is 9.84 Å². The first-order chi connectivity index (χ1) is 12.8. The highest BCUT2D eigenvalue weighted by Crippen LogP contribution is 2.27. The number of hydrogen-bond donors (Lipinski definition) is 1. The number of carbonyl (C=O) groups is 1. The molecule has 0 aliphatic carbocycles. The number of benzene rings is 2. The zero-order valence-electron chi connectivity index (χ0n) is 14.8. The molecule has 0 bridgehead atoms. The highest BCUT2D eigenvalue weighted by molar-refractivity contribution is 7.89. The quantitative estimate of drug-likeness (QED) is 0.794. The van der Waals surface area contributed by atoms with Crippen molar-refractivity contribution in [3.05, 3.63) is 42.2 Å². The Labute approximate surface area is 157 Å². The summed E-state index contributed by atoms with van der Waals surface area (Å²) in [7, 11) is -2.41. The predicted octanol–water partition coefficient (Wildman–Crippen LogP) is 1.38. The molecule has 0 spiro atoms. The molecular weight excluding hydrogens is 375 g/mol. The summed E-state index contributed by atoms with van der Waals surface area (Å²) in [6.45, 7) is 0.413. The molecule has 9 heteroatoms. The van der Waals surface area contributed by atoms with Crippen molar-refractivity contribution in [1.82, 2.24) is 9.21 Å². The monoisotopic (exact) mass is 396 g/mol. The molecule has 2 aromatic rings. The number of hydrogen-bond acceptors (Lipinski definition) is 5. The molecule has 0 saturated carbocycles. The van der Waals surface area contributed by atoms with E-state index in [0.717, 1.165) is 0 Å². The van der Waals surface area contributed by atoms with E-state index in [1.807, 2.05) is 0 Å². The van der Waals surface area contributed by atoms with Crippen molar-refractivity contribution < 1.29 is 27.4 Å². The average molecular weight is 396 g/mol. The van der Waals surface area contributed by atoms with Gasteiger partial charge in [-0.2, -0.15) is 4.31 Å². The van der Waals surface area contributed by atoms with Crippen LogP contribution in [0.4, 0.5) is 4.39 Å². The van der Waals surface area contributed by atoms with Crippen LogP contribution in [0.1, 0.15) is 0 Å². The Morgan fingerprint density at radius 3 is 2.81 bits per heavy atom. The Bertz CT molecular complexity index is 950. The van der Waals surface area contributed by atoms with Gasteiger partial charge in [-0.25, -0.2) is 12.8 Å². The lowest BCUT2D eigenvalue weighted by molar-refractivity contribution is -0.138. The Morgan fingerprint density at radius 1 is 1.33 bits per heavy atom. The lowest BCUT2D eigenvalue weighted by atomic mass is 10.1. The van der Waals surface area contributed by atoms with Gasteiger partial charge >= 0.3 is 5.97 Å². The number of halogens is 1. The lowest BCUT2D eigenvalue weighted by Crippen LogP contribution is -2.49. The number of ether oxygens (including phenoxy) is 1. The number of carboxylic acids is 1. The van der Waals surface area contributed by atoms with Gasteiger partial charge in [-0.15, -0.1) is 0 Å². The number of fused-ring (bicyclic) bond motifs is 1. The maximum Gasteiger partial charge on any atom is 0.317 e. The second-order valence-electron chi connectivity index (χ2n) is 6.55. The molecule has 146 valence electrons. The van der Waals surface area contributed by atoms with Gasteiger partial charge < -0.3 is 9.84 Å². The highest BCUT2D eigenvalue weighted by atomic mass is 32.2. The first-order valence-electron chi connectivity index (χ1n) is 8.48. The van der Waals surface area contributed by atoms with E-state index in [-0.39, 0.29) is 43.1 Å². The van der Waals surface area contributed by atoms with E-state index in [1.54, 1.807) is 42.3 Å². The van der Waals surface area contributed by atoms with Crippen molar-refractivity contribution in [2.45, 2.75) is 11.0 Å². The third kappa shape index (κ3) is 4.27. The maximum atomic E-state index is 14.9. The molecule has 1 N–H and O–H groups in total. The molecule has 1 fully saturated rings. The normalized spacial score (nSPS) is 18.9. The van der Waals surface area contributed by atoms with Crippen molar-refractivity contribution in [3.8, 4) is 0 Å². The fourth-order valence-electron chi connectivity index (χ4n) is 3.22. The summed E-state index contributed by atoms with van der Waals surface area (Å²) in [5, 5.41) is 9.71. The third-order valence-electron chi connectivity index (χ3n) is 4.47. The van der Waals surface area contributed by atoms with E-state index < -0.39 is 27.9 Å². The van der Waals surface area contributed by atoms with Gasteiger partial charge in [-0.05, 0) is 18.5 Å². The summed E-state index contributed by atoms with van der Waals surface area (Å²) in [5.41, 5.74) is 0. The average Bonchev–Trinajstić information content (AvgIpc) is 2.61. The third-order valence-corrected chi connectivity index (χ3v) is 6.35. The zero-order chi connectivity index (χ0) is 19.6. The standard InChI is InChI=1S/C18H21FN2O5S/c1-20(12-17(22)23)10-14-11-21(8-9-26-14)27(24,25)16-7-6-13-4-2-3-5-15(13)18(16)19/h2-7,14H,8-12H2,1H3,(H,22,23). The van der Waals surface area contributed by atoms with E-state index in [2.05, 4.69) is 0 Å². The Hall–Kier alpha value is -2.07. The smallest absolute Gasteiger partial charge is 0.317 e. The summed E-state index contributed by atoms with van der Waals surface area (Å²) < 4.78 is 47.6. The van der Waals surface area contributed by atoms with Gasteiger partial charge in [-0.3, -0.25) is 9.69 Å². The SMILES string of the molecule is CN(CC(=O)O)CC1CN(S(=O)(=O)c2ccc3ccccc3c2F)CCO1. The molecule has 0 amide bonds. The summed E-state index contributed by atoms with van der Waals surface area (Å²) in [5.74, 6) is -1.74. The van der Waals surface area contributed by atoms with Crippen molar-refractivity contribution in [3.63, 3.8) is 0 Å². The van der Waals surface area contributed by atoms with Crippen molar-refractivity contribution in [2.24, 2.45) is 0 Å². The summed E-state index contributed by atoms with van der Waals surface area (Å²) >= 11 is 0. The Kier molecular flexibility index (Phi) is 5.75. The topological polar surface area (TPSA) is 87.2 Å². The number of carboxylic acid groups (broad SMARTS) is 1. The van der Waals surface area contributed by atoms with Gasteiger partial charge in [0.1, 0.15) is 4.90 Å². The van der Waals surface area contributed by atoms with E-state index >= 15 is 0 Å². The molecule has 1 atom stereocenters. The number of sulfonamides is 1. The molecule has 0 radical (unpaired) electrons. The van der Waals surface area contributed by atoms with Gasteiger partial charge in [0, 0.05) is 25.0 Å². The van der Waals surface area contributed by atoms with E-state index in [9.17, 15) is 17.6 Å². The molecule has 2 aromatic carbocycles. The number of aliphatic carboxylic acids is 1. The summed E-state index contributed by atoms with van der Waals surface area (Å²) in [6.07, 6.45) is -0.485. The van der Waals surface area contributed by atoms with Gasteiger partial charge in [0.15, 0.2) is 5.82 Å². The first kappa shape index (κ1) is 19.7. The van der Waals surface area contributed by atoms with Crippen LogP contribution in [0.2, 0.25) is 0 Å². The number of morpholine rings is 1. The fraction of sp³-hybridized carbons (Fsp3) is 0.389. The molecule has 1 unspecified atom stereocenters. The molecule has 27 heavy (non-hydrogen) atoms. The second-order valence-corrected chi connectivity index (χ2v) is 8.45. The first-order valence-corrected chi connectivity index (χ1v) is 9.92. The number of likely N-dealkylation sites (N-methyl/N-ethyl adjacent to an activating group) is 1. The number of nitrogens with zero attached hydrogens (tertiary/aromatic N) is 2. The summed E-state index contributed by atoms with van der Waals surface area (Å²) in [6, 6.07) is 9.56. The molecule has 1 heterocycles. The van der Waals surface area contributed by atoms with Crippen LogP contribution in [-0.4, -0.2) is 74.6 Å². The van der Waals surface area contributed by atoms with Crippen LogP contribution in [0.25, 0.3) is 10.8 Å². The van der Waals surface area contributed by atoms with Crippen molar-refractivity contribution >= 4 is 26.8 Å².